The van der Waals surface area contributed by atoms with E-state index in [1.54, 1.807) is 18.2 Å². The topological polar surface area (TPSA) is 99.1 Å². The molecule has 0 fully saturated rings. The molecule has 0 aliphatic rings. The highest BCUT2D eigenvalue weighted by Gasteiger charge is 2.41. The van der Waals surface area contributed by atoms with Gasteiger partial charge >= 0.3 is 6.18 Å². The van der Waals surface area contributed by atoms with E-state index in [2.05, 4.69) is 20.2 Å². The number of aliphatic hydroxyl groups is 1. The molecule has 3 heterocycles. The van der Waals surface area contributed by atoms with E-state index < -0.39 is 24.0 Å². The molecule has 0 amide bonds. The first-order valence-electron chi connectivity index (χ1n) is 9.96. The standard InChI is InChI=1S/C22H19ClF3N5O3/c1-21(2,32)10-31-20(22(24,25)26)13(9-29-31)19-16(14-7-8-27-11-28-14)18(30-34-19)12-5-4-6-15(33-3)17(12)23/h4-9,11,32H,10H2,1-3H3. The maximum Gasteiger partial charge on any atom is 0.433 e. The van der Waals surface area contributed by atoms with Crippen molar-refractivity contribution < 1.29 is 27.5 Å². The predicted octanol–water partition coefficient (Wildman–Crippen LogP) is 5.11. The van der Waals surface area contributed by atoms with Crippen LogP contribution in [-0.4, -0.2) is 42.7 Å². The molecule has 3 aromatic heterocycles. The Labute approximate surface area is 197 Å². The molecule has 0 radical (unpaired) electrons. The molecule has 0 aliphatic heterocycles. The summed E-state index contributed by atoms with van der Waals surface area (Å²) in [6.45, 7) is 2.38. The van der Waals surface area contributed by atoms with Crippen molar-refractivity contribution in [2.24, 2.45) is 0 Å². The second kappa shape index (κ2) is 8.73. The summed E-state index contributed by atoms with van der Waals surface area (Å²) in [4.78, 5) is 8.06. The van der Waals surface area contributed by atoms with Gasteiger partial charge in [-0.15, -0.1) is 0 Å². The van der Waals surface area contributed by atoms with Crippen LogP contribution in [0.5, 0.6) is 5.75 Å². The largest absolute Gasteiger partial charge is 0.495 e. The van der Waals surface area contributed by atoms with Crippen molar-refractivity contribution in [2.75, 3.05) is 7.11 Å². The molecule has 0 bridgehead atoms. The summed E-state index contributed by atoms with van der Waals surface area (Å²) in [5, 5.41) is 18.2. The molecule has 12 heteroatoms. The van der Waals surface area contributed by atoms with E-state index in [4.69, 9.17) is 20.9 Å². The van der Waals surface area contributed by atoms with Crippen LogP contribution in [0.4, 0.5) is 13.2 Å². The van der Waals surface area contributed by atoms with Crippen molar-refractivity contribution in [2.45, 2.75) is 32.2 Å². The lowest BCUT2D eigenvalue weighted by Crippen LogP contribution is -2.29. The minimum Gasteiger partial charge on any atom is -0.495 e. The Morgan fingerprint density at radius 3 is 2.56 bits per heavy atom. The van der Waals surface area contributed by atoms with Crippen LogP contribution in [0.15, 0.2) is 47.5 Å². The second-order valence-electron chi connectivity index (χ2n) is 8.03. The molecule has 1 aromatic carbocycles. The molecule has 0 unspecified atom stereocenters. The van der Waals surface area contributed by atoms with E-state index in [0.29, 0.717) is 16.0 Å². The zero-order valence-electron chi connectivity index (χ0n) is 18.3. The van der Waals surface area contributed by atoms with Crippen LogP contribution in [0.2, 0.25) is 5.02 Å². The lowest BCUT2D eigenvalue weighted by Gasteiger charge is -2.20. The third kappa shape index (κ3) is 4.48. The molecular formula is C22H19ClF3N5O3. The van der Waals surface area contributed by atoms with Crippen molar-refractivity contribution in [3.63, 3.8) is 0 Å². The van der Waals surface area contributed by atoms with Crippen LogP contribution in [0.1, 0.15) is 19.5 Å². The lowest BCUT2D eigenvalue weighted by molar-refractivity contribution is -0.144. The van der Waals surface area contributed by atoms with E-state index in [1.165, 1.54) is 39.5 Å². The maximum absolute atomic E-state index is 14.2. The molecule has 0 atom stereocenters. The average molecular weight is 494 g/mol. The number of benzene rings is 1. The summed E-state index contributed by atoms with van der Waals surface area (Å²) in [5.74, 6) is 0.147. The van der Waals surface area contributed by atoms with Gasteiger partial charge in [0.2, 0.25) is 0 Å². The highest BCUT2D eigenvalue weighted by atomic mass is 35.5. The Hall–Kier alpha value is -3.44. The van der Waals surface area contributed by atoms with Gasteiger partial charge in [-0.25, -0.2) is 9.97 Å². The van der Waals surface area contributed by atoms with Gasteiger partial charge in [-0.3, -0.25) is 4.68 Å². The number of rotatable bonds is 6. The lowest BCUT2D eigenvalue weighted by atomic mass is 9.99. The third-order valence-corrected chi connectivity index (χ3v) is 5.25. The highest BCUT2D eigenvalue weighted by Crippen LogP contribution is 2.46. The van der Waals surface area contributed by atoms with E-state index in [0.717, 1.165) is 6.20 Å². The maximum atomic E-state index is 14.2. The average Bonchev–Trinajstić information content (AvgIpc) is 3.37. The highest BCUT2D eigenvalue weighted by molar-refractivity contribution is 6.35. The van der Waals surface area contributed by atoms with Crippen molar-refractivity contribution in [1.29, 1.82) is 0 Å². The first-order valence-corrected chi connectivity index (χ1v) is 10.3. The molecule has 4 rings (SSSR count). The molecule has 0 saturated carbocycles. The van der Waals surface area contributed by atoms with Crippen LogP contribution in [-0.2, 0) is 12.7 Å². The van der Waals surface area contributed by atoms with Crippen LogP contribution in [0.3, 0.4) is 0 Å². The van der Waals surface area contributed by atoms with Gasteiger partial charge in [-0.05, 0) is 26.0 Å². The van der Waals surface area contributed by atoms with Gasteiger partial charge in [0.25, 0.3) is 0 Å². The minimum absolute atomic E-state index is 0.168. The number of hydrogen-bond acceptors (Lipinski definition) is 7. The van der Waals surface area contributed by atoms with E-state index in [1.807, 2.05) is 0 Å². The van der Waals surface area contributed by atoms with Gasteiger partial charge in [0.15, 0.2) is 11.5 Å². The van der Waals surface area contributed by atoms with Crippen molar-refractivity contribution >= 4 is 11.6 Å². The zero-order chi connectivity index (χ0) is 24.7. The van der Waals surface area contributed by atoms with Crippen molar-refractivity contribution in [3.8, 4) is 39.6 Å². The fourth-order valence-corrected chi connectivity index (χ4v) is 3.81. The Bertz CT molecular complexity index is 1310. The first kappa shape index (κ1) is 23.7. The molecule has 4 aromatic rings. The number of aromatic nitrogens is 5. The number of nitrogens with zero attached hydrogens (tertiary/aromatic N) is 5. The quantitative estimate of drug-likeness (QED) is 0.398. The number of methoxy groups -OCH3 is 1. The monoisotopic (exact) mass is 493 g/mol. The zero-order valence-corrected chi connectivity index (χ0v) is 19.0. The number of hydrogen-bond donors (Lipinski definition) is 1. The molecule has 0 saturated heterocycles. The molecule has 34 heavy (non-hydrogen) atoms. The van der Waals surface area contributed by atoms with Crippen molar-refractivity contribution in [3.05, 3.63) is 53.7 Å². The van der Waals surface area contributed by atoms with Gasteiger partial charge in [0.1, 0.15) is 17.8 Å². The summed E-state index contributed by atoms with van der Waals surface area (Å²) in [6.07, 6.45) is -1.08. The van der Waals surface area contributed by atoms with Gasteiger partial charge in [0.05, 0.1) is 47.3 Å². The molecule has 178 valence electrons. The van der Waals surface area contributed by atoms with Crippen LogP contribution in [0, 0.1) is 0 Å². The SMILES string of the molecule is COc1cccc(-c2noc(-c3cnn(CC(C)(C)O)c3C(F)(F)F)c2-c2ccncn2)c1Cl. The summed E-state index contributed by atoms with van der Waals surface area (Å²) in [7, 11) is 1.44. The number of alkyl halides is 3. The fraction of sp³-hybridized carbons (Fsp3) is 0.273. The smallest absolute Gasteiger partial charge is 0.433 e. The Balaban J connectivity index is 2.00. The number of ether oxygens (including phenoxy) is 1. The molecule has 0 aliphatic carbocycles. The van der Waals surface area contributed by atoms with Gasteiger partial charge in [-0.2, -0.15) is 18.3 Å². The van der Waals surface area contributed by atoms with Gasteiger partial charge in [-0.1, -0.05) is 28.9 Å². The second-order valence-corrected chi connectivity index (χ2v) is 8.40. The Morgan fingerprint density at radius 2 is 1.94 bits per heavy atom. The molecular weight excluding hydrogens is 475 g/mol. The first-order chi connectivity index (χ1) is 16.0. The summed E-state index contributed by atoms with van der Waals surface area (Å²) in [5.41, 5.74) is -1.91. The molecule has 8 nitrogen and oxygen atoms in total. The number of halogens is 4. The van der Waals surface area contributed by atoms with Gasteiger partial charge < -0.3 is 14.4 Å². The van der Waals surface area contributed by atoms with Gasteiger partial charge in [0, 0.05) is 11.8 Å². The van der Waals surface area contributed by atoms with Crippen LogP contribution >= 0.6 is 11.6 Å². The van der Waals surface area contributed by atoms with E-state index >= 15 is 0 Å². The van der Waals surface area contributed by atoms with Crippen LogP contribution in [0.25, 0.3) is 33.8 Å². The third-order valence-electron chi connectivity index (χ3n) is 4.86. The normalized spacial score (nSPS) is 12.2. The molecule has 1 N–H and O–H groups in total. The summed E-state index contributed by atoms with van der Waals surface area (Å²) >= 11 is 6.48. The summed E-state index contributed by atoms with van der Waals surface area (Å²) < 4.78 is 53.9. The van der Waals surface area contributed by atoms with Crippen LogP contribution < -0.4 is 4.74 Å². The Kier molecular flexibility index (Phi) is 6.09. The fourth-order valence-electron chi connectivity index (χ4n) is 3.52. The Morgan fingerprint density at radius 1 is 1.18 bits per heavy atom. The van der Waals surface area contributed by atoms with Crippen molar-refractivity contribution in [1.82, 2.24) is 24.9 Å². The molecule has 0 spiro atoms. The summed E-state index contributed by atoms with van der Waals surface area (Å²) in [6, 6.07) is 6.46. The predicted molar refractivity (Wildman–Crippen MR) is 117 cm³/mol. The van der Waals surface area contributed by atoms with E-state index in [9.17, 15) is 18.3 Å². The minimum atomic E-state index is -4.80. The van der Waals surface area contributed by atoms with E-state index in [-0.39, 0.29) is 33.3 Å².